The maximum absolute atomic E-state index is 13.4. The van der Waals surface area contributed by atoms with Gasteiger partial charge in [-0.3, -0.25) is 19.4 Å². The Morgan fingerprint density at radius 1 is 1.07 bits per heavy atom. The third-order valence-corrected chi connectivity index (χ3v) is 7.18. The summed E-state index contributed by atoms with van der Waals surface area (Å²) in [5, 5.41) is 5.96. The van der Waals surface area contributed by atoms with E-state index in [1.54, 1.807) is 36.6 Å². The quantitative estimate of drug-likeness (QED) is 0.385. The second kappa shape index (κ2) is 12.1. The SMILES string of the molecule is COc1ccc(OC)c(NC(=O)CSC2=Nc3ccccc3C3=N[C@H](CCC(=O)NCc4ccco4)C(=O)N23)c1. The maximum Gasteiger partial charge on any atom is 0.259 e. The highest BCUT2D eigenvalue weighted by molar-refractivity contribution is 8.14. The highest BCUT2D eigenvalue weighted by Gasteiger charge is 2.41. The Bertz CT molecular complexity index is 1490. The van der Waals surface area contributed by atoms with Gasteiger partial charge in [-0.25, -0.2) is 9.89 Å². The van der Waals surface area contributed by atoms with Crippen molar-refractivity contribution in [3.05, 3.63) is 72.2 Å². The monoisotopic (exact) mass is 561 g/mol. The van der Waals surface area contributed by atoms with Crippen LogP contribution in [0.3, 0.4) is 0 Å². The van der Waals surface area contributed by atoms with Crippen LogP contribution in [0.5, 0.6) is 11.5 Å². The molecule has 2 aromatic carbocycles. The van der Waals surface area contributed by atoms with Crippen LogP contribution in [0.4, 0.5) is 11.4 Å². The summed E-state index contributed by atoms with van der Waals surface area (Å²) in [6.07, 6.45) is 1.89. The molecule has 0 radical (unpaired) electrons. The number of furan rings is 1. The second-order valence-corrected chi connectivity index (χ2v) is 9.79. The van der Waals surface area contributed by atoms with Gasteiger partial charge in [0, 0.05) is 18.1 Å². The first-order chi connectivity index (χ1) is 19.5. The van der Waals surface area contributed by atoms with Crippen molar-refractivity contribution in [1.82, 2.24) is 10.2 Å². The summed E-state index contributed by atoms with van der Waals surface area (Å²) in [6, 6.07) is 15.3. The van der Waals surface area contributed by atoms with Crippen LogP contribution in [-0.4, -0.2) is 59.6 Å². The Morgan fingerprint density at radius 3 is 2.70 bits per heavy atom. The maximum atomic E-state index is 13.4. The number of methoxy groups -OCH3 is 2. The largest absolute Gasteiger partial charge is 0.497 e. The van der Waals surface area contributed by atoms with Gasteiger partial charge in [0.2, 0.25) is 11.8 Å². The average Bonchev–Trinajstić information content (AvgIpc) is 3.61. The molecule has 1 atom stereocenters. The summed E-state index contributed by atoms with van der Waals surface area (Å²) in [7, 11) is 3.05. The van der Waals surface area contributed by atoms with Gasteiger partial charge >= 0.3 is 0 Å². The number of anilines is 1. The van der Waals surface area contributed by atoms with E-state index in [0.29, 0.717) is 39.6 Å². The van der Waals surface area contributed by atoms with Crippen LogP contribution in [0, 0.1) is 0 Å². The van der Waals surface area contributed by atoms with Crippen molar-refractivity contribution in [3.8, 4) is 11.5 Å². The number of amidine groups is 2. The van der Waals surface area contributed by atoms with E-state index in [9.17, 15) is 14.4 Å². The number of fused-ring (bicyclic) bond motifs is 3. The number of carbonyl (C=O) groups excluding carboxylic acids is 3. The minimum absolute atomic E-state index is 0.0156. The molecule has 2 aliphatic heterocycles. The number of para-hydroxylation sites is 1. The molecule has 2 N–H and O–H groups in total. The molecular formula is C28H27N5O6S. The number of aliphatic imine (C=N–C) groups is 2. The highest BCUT2D eigenvalue weighted by atomic mass is 32.2. The molecule has 5 rings (SSSR count). The molecule has 12 heteroatoms. The Labute approximate surface area is 234 Å². The van der Waals surface area contributed by atoms with Gasteiger partial charge in [-0.05, 0) is 42.8 Å². The lowest BCUT2D eigenvalue weighted by atomic mass is 10.1. The number of benzene rings is 2. The zero-order valence-corrected chi connectivity index (χ0v) is 22.7. The first-order valence-electron chi connectivity index (χ1n) is 12.5. The van der Waals surface area contributed by atoms with Gasteiger partial charge < -0.3 is 24.5 Å². The molecule has 0 saturated heterocycles. The molecule has 206 valence electrons. The van der Waals surface area contributed by atoms with Crippen molar-refractivity contribution in [2.24, 2.45) is 9.98 Å². The van der Waals surface area contributed by atoms with Gasteiger partial charge in [0.25, 0.3) is 5.91 Å². The standard InChI is InChI=1S/C28H27N5O6S/c1-37-17-9-11-23(38-2)22(14-17)30-25(35)16-40-28-32-20-8-4-3-7-19(20)26-31-21(27(36)33(26)28)10-12-24(34)29-15-18-6-5-13-39-18/h3-9,11,13-14,21H,10,12,15-16H2,1-2H3,(H,29,34)(H,30,35)/t21-/m1/s1. The molecule has 3 aromatic rings. The summed E-state index contributed by atoms with van der Waals surface area (Å²) in [6.45, 7) is 0.273. The molecule has 11 nitrogen and oxygen atoms in total. The fourth-order valence-corrected chi connectivity index (χ4v) is 5.07. The number of nitrogens with zero attached hydrogens (tertiary/aromatic N) is 3. The fraction of sp³-hybridized carbons (Fsp3) is 0.250. The van der Waals surface area contributed by atoms with Crippen LogP contribution in [0.2, 0.25) is 0 Å². The van der Waals surface area contributed by atoms with Gasteiger partial charge in [0.15, 0.2) is 5.17 Å². The predicted octanol–water partition coefficient (Wildman–Crippen LogP) is 3.72. The molecule has 3 heterocycles. The van der Waals surface area contributed by atoms with Gasteiger partial charge in [0.05, 0.1) is 44.2 Å². The molecular weight excluding hydrogens is 534 g/mol. The van der Waals surface area contributed by atoms with E-state index in [1.165, 1.54) is 19.1 Å². The molecule has 40 heavy (non-hydrogen) atoms. The Hall–Kier alpha value is -4.58. The highest BCUT2D eigenvalue weighted by Crippen LogP contribution is 2.34. The second-order valence-electron chi connectivity index (χ2n) is 8.85. The smallest absolute Gasteiger partial charge is 0.259 e. The Kier molecular flexibility index (Phi) is 8.15. The van der Waals surface area contributed by atoms with Gasteiger partial charge in [-0.2, -0.15) is 0 Å². The predicted molar refractivity (Wildman–Crippen MR) is 151 cm³/mol. The van der Waals surface area contributed by atoms with Crippen LogP contribution in [0.15, 0.2) is 75.3 Å². The summed E-state index contributed by atoms with van der Waals surface area (Å²) < 4.78 is 15.8. The normalized spacial score (nSPS) is 15.5. The average molecular weight is 562 g/mol. The number of amides is 3. The zero-order valence-electron chi connectivity index (χ0n) is 21.9. The van der Waals surface area contributed by atoms with Gasteiger partial charge in [0.1, 0.15) is 29.1 Å². The van der Waals surface area contributed by atoms with Crippen molar-refractivity contribution in [2.75, 3.05) is 25.3 Å². The Morgan fingerprint density at radius 2 is 1.93 bits per heavy atom. The molecule has 0 fully saturated rings. The number of hydrogen-bond donors (Lipinski definition) is 2. The lowest BCUT2D eigenvalue weighted by molar-refractivity contribution is -0.125. The van der Waals surface area contributed by atoms with E-state index in [0.717, 1.165) is 17.3 Å². The molecule has 1 aromatic heterocycles. The molecule has 3 amide bonds. The number of ether oxygens (including phenoxy) is 2. The van der Waals surface area contributed by atoms with Crippen LogP contribution < -0.4 is 20.1 Å². The topological polar surface area (TPSA) is 135 Å². The van der Waals surface area contributed by atoms with E-state index >= 15 is 0 Å². The summed E-state index contributed by atoms with van der Waals surface area (Å²) in [5.41, 5.74) is 1.84. The minimum atomic E-state index is -0.740. The van der Waals surface area contributed by atoms with Crippen LogP contribution in [0.1, 0.15) is 24.2 Å². The van der Waals surface area contributed by atoms with Crippen molar-refractivity contribution >= 4 is 51.9 Å². The molecule has 2 aliphatic rings. The summed E-state index contributed by atoms with van der Waals surface area (Å²) in [5.74, 6) is 1.35. The van der Waals surface area contributed by atoms with Crippen molar-refractivity contribution in [2.45, 2.75) is 25.4 Å². The molecule has 0 unspecified atom stereocenters. The number of hydrogen-bond acceptors (Lipinski definition) is 9. The van der Waals surface area contributed by atoms with Crippen LogP contribution in [0.25, 0.3) is 0 Å². The van der Waals surface area contributed by atoms with Crippen LogP contribution in [-0.2, 0) is 20.9 Å². The third kappa shape index (κ3) is 5.86. The third-order valence-electron chi connectivity index (χ3n) is 6.25. The lowest BCUT2D eigenvalue weighted by Crippen LogP contribution is -2.41. The van der Waals surface area contributed by atoms with E-state index in [4.69, 9.17) is 13.9 Å². The van der Waals surface area contributed by atoms with E-state index < -0.39 is 6.04 Å². The van der Waals surface area contributed by atoms with Crippen molar-refractivity contribution < 1.29 is 28.3 Å². The van der Waals surface area contributed by atoms with Gasteiger partial charge in [-0.1, -0.05) is 23.9 Å². The minimum Gasteiger partial charge on any atom is -0.497 e. The number of carbonyl (C=O) groups is 3. The molecule has 0 bridgehead atoms. The van der Waals surface area contributed by atoms with E-state index in [1.807, 2.05) is 24.3 Å². The first kappa shape index (κ1) is 27.0. The zero-order chi connectivity index (χ0) is 28.1. The lowest BCUT2D eigenvalue weighted by Gasteiger charge is -2.25. The number of nitrogens with one attached hydrogen (secondary N) is 2. The van der Waals surface area contributed by atoms with Gasteiger partial charge in [-0.15, -0.1) is 0 Å². The molecule has 0 saturated carbocycles. The fourth-order valence-electron chi connectivity index (χ4n) is 4.27. The number of rotatable bonds is 10. The van der Waals surface area contributed by atoms with E-state index in [-0.39, 0.29) is 42.9 Å². The van der Waals surface area contributed by atoms with Crippen LogP contribution >= 0.6 is 11.8 Å². The van der Waals surface area contributed by atoms with Crippen molar-refractivity contribution in [1.29, 1.82) is 0 Å². The summed E-state index contributed by atoms with van der Waals surface area (Å²) in [4.78, 5) is 49.5. The molecule has 0 aliphatic carbocycles. The Balaban J connectivity index is 1.26. The molecule has 0 spiro atoms. The first-order valence-corrected chi connectivity index (χ1v) is 13.5. The number of thioether (sulfide) groups is 1. The van der Waals surface area contributed by atoms with Crippen molar-refractivity contribution in [3.63, 3.8) is 0 Å². The summed E-state index contributed by atoms with van der Waals surface area (Å²) >= 11 is 1.13. The van der Waals surface area contributed by atoms with E-state index in [2.05, 4.69) is 20.6 Å².